The van der Waals surface area contributed by atoms with E-state index >= 15 is 0 Å². The second-order valence-corrected chi connectivity index (χ2v) is 75.1. The lowest BCUT2D eigenvalue weighted by molar-refractivity contribution is 2.05. The molecule has 0 aromatic heterocycles. The van der Waals surface area contributed by atoms with Crippen molar-refractivity contribution in [3.63, 3.8) is 0 Å². The summed E-state index contributed by atoms with van der Waals surface area (Å²) < 4.78 is -3.05. The minimum Gasteiger partial charge on any atom is -0.100 e. The first-order chi connectivity index (χ1) is 4.50. The molecule has 0 bridgehead atoms. The van der Waals surface area contributed by atoms with E-state index in [1.165, 1.54) is 0 Å². The third-order valence-corrected chi connectivity index (χ3v) is 92.8. The maximum absolute atomic E-state index is 3.71. The van der Waals surface area contributed by atoms with Crippen molar-refractivity contribution >= 4 is 106 Å². The predicted molar refractivity (Wildman–Crippen MR) is 82.6 cm³/mol. The quantitative estimate of drug-likeness (QED) is 0.309. The summed E-state index contributed by atoms with van der Waals surface area (Å²) in [6.45, 7) is 4.67. The number of halogens is 6. The van der Waals surface area contributed by atoms with Crippen molar-refractivity contribution in [3.05, 3.63) is 0 Å². The van der Waals surface area contributed by atoms with Gasteiger partial charge < -0.3 is 0 Å². The van der Waals surface area contributed by atoms with Crippen LogP contribution in [0.25, 0.3) is 0 Å². The molecular weight excluding hydrogens is 588 g/mol. The number of rotatable bonds is 2. The Bertz CT molecular complexity index is 127. The molecule has 0 aliphatic rings. The van der Waals surface area contributed by atoms with Gasteiger partial charge in [-0.15, -0.1) is 91.8 Å². The molecule has 0 nitrogen and oxygen atoms in total. The van der Waals surface area contributed by atoms with E-state index in [4.69, 9.17) is 0 Å². The maximum Gasteiger partial charge on any atom is 0.254 e. The van der Waals surface area contributed by atoms with Gasteiger partial charge in [0.25, 0.3) is 6.90 Å². The molecule has 0 fully saturated rings. The summed E-state index contributed by atoms with van der Waals surface area (Å²) in [7, 11) is -1.33. The average molecular weight is 594 g/mol. The van der Waals surface area contributed by atoms with Crippen LogP contribution in [0.3, 0.4) is 0 Å². The van der Waals surface area contributed by atoms with E-state index in [0.29, 0.717) is 0 Å². The molecule has 0 spiro atoms. The van der Waals surface area contributed by atoms with Crippen LogP contribution in [0.15, 0.2) is 0 Å². The van der Waals surface area contributed by atoms with Crippen LogP contribution in [-0.2, 0) is 0 Å². The molecule has 0 aliphatic carbocycles. The molecule has 0 aromatic rings. The molecule has 0 saturated carbocycles. The lowest BCUT2D eigenvalue weighted by atomic mass is 11.9. The van der Waals surface area contributed by atoms with Gasteiger partial charge in [0, 0.05) is 0 Å². The van der Waals surface area contributed by atoms with Crippen LogP contribution < -0.4 is 0 Å². The third-order valence-electron chi connectivity index (χ3n) is 1.42. The highest BCUT2D eigenvalue weighted by atomic mass is 80.0. The lowest BCUT2D eigenvalue weighted by Gasteiger charge is -2.34. The van der Waals surface area contributed by atoms with Crippen LogP contribution in [0.5, 0.6) is 0 Å². The minimum absolute atomic E-state index is 1.33. The van der Waals surface area contributed by atoms with Gasteiger partial charge in [-0.1, -0.05) is 13.1 Å². The van der Waals surface area contributed by atoms with Crippen molar-refractivity contribution in [2.45, 2.75) is 13.1 Å². The molecule has 0 aliphatic heterocycles. The Hall–Kier alpha value is 3.53. The van der Waals surface area contributed by atoms with Gasteiger partial charge in [0.1, 0.15) is 7.11 Å². The standard InChI is InChI=1S/C2H6Br6Si3/c1-9(2,10(3,4)5)11(6,7)8/h1-2H3. The summed E-state index contributed by atoms with van der Waals surface area (Å²) in [6, 6.07) is 0. The van der Waals surface area contributed by atoms with Gasteiger partial charge in [-0.3, -0.25) is 0 Å². The Balaban J connectivity index is 4.75. The first-order valence-electron chi connectivity index (χ1n) is 2.63. The van der Waals surface area contributed by atoms with Crippen LogP contribution in [0.4, 0.5) is 0 Å². The zero-order valence-electron chi connectivity index (χ0n) is 5.77. The van der Waals surface area contributed by atoms with E-state index in [1.807, 2.05) is 0 Å². The van der Waals surface area contributed by atoms with Crippen molar-refractivity contribution in [3.8, 4) is 0 Å². The average Bonchev–Trinajstić information content (AvgIpc) is 1.58. The molecule has 11 heavy (non-hydrogen) atoms. The number of hydrogen-bond donors (Lipinski definition) is 0. The molecule has 0 amide bonds. The highest BCUT2D eigenvalue weighted by molar-refractivity contribution is 9.79. The monoisotopic (exact) mass is 587 g/mol. The molecule has 0 N–H and O–H groups in total. The van der Waals surface area contributed by atoms with E-state index in [9.17, 15) is 0 Å². The molecule has 9 heteroatoms. The molecule has 0 radical (unpaired) electrons. The largest absolute Gasteiger partial charge is 0.254 e. The Kier molecular flexibility index (Phi) is 6.05. The van der Waals surface area contributed by atoms with Crippen molar-refractivity contribution in [2.24, 2.45) is 0 Å². The van der Waals surface area contributed by atoms with E-state index in [-0.39, 0.29) is 0 Å². The first-order valence-corrected chi connectivity index (χ1v) is 25.2. The minimum atomic E-state index is -1.52. The van der Waals surface area contributed by atoms with Crippen molar-refractivity contribution in [1.82, 2.24) is 0 Å². The van der Waals surface area contributed by atoms with Crippen LogP contribution in [-0.4, -0.2) is 14.0 Å². The zero-order chi connectivity index (χ0) is 9.50. The molecule has 0 rings (SSSR count). The smallest absolute Gasteiger partial charge is 0.100 e. The summed E-state index contributed by atoms with van der Waals surface area (Å²) in [5.74, 6) is 0. The van der Waals surface area contributed by atoms with Crippen molar-refractivity contribution in [1.29, 1.82) is 0 Å². The van der Waals surface area contributed by atoms with Crippen LogP contribution in [0, 0.1) is 0 Å². The molecule has 0 atom stereocenters. The summed E-state index contributed by atoms with van der Waals surface area (Å²) in [5.41, 5.74) is 0. The highest BCUT2D eigenvalue weighted by Gasteiger charge is 2.57. The topological polar surface area (TPSA) is 0 Å². The Morgan fingerprint density at radius 1 is 0.636 bits per heavy atom. The van der Waals surface area contributed by atoms with E-state index in [1.54, 1.807) is 0 Å². The highest BCUT2D eigenvalue weighted by Crippen LogP contribution is 2.48. The lowest BCUT2D eigenvalue weighted by Crippen LogP contribution is -2.59. The van der Waals surface area contributed by atoms with Gasteiger partial charge in [-0.05, 0) is 0 Å². The molecule has 0 heterocycles. The fourth-order valence-electron chi connectivity index (χ4n) is 0.161. The summed E-state index contributed by atoms with van der Waals surface area (Å²) in [4.78, 5) is 0. The van der Waals surface area contributed by atoms with Crippen LogP contribution >= 0.6 is 91.8 Å². The van der Waals surface area contributed by atoms with Gasteiger partial charge in [0.2, 0.25) is 0 Å². The fourth-order valence-corrected chi connectivity index (χ4v) is 117. The van der Waals surface area contributed by atoms with Gasteiger partial charge in [0.15, 0.2) is 0 Å². The van der Waals surface area contributed by atoms with Crippen LogP contribution in [0.1, 0.15) is 0 Å². The SMILES string of the molecule is C[Si](C)([Si](Br)(Br)Br)[Si](Br)(Br)Br. The van der Waals surface area contributed by atoms with Crippen LogP contribution in [0.2, 0.25) is 13.1 Å². The first kappa shape index (κ1) is 14.5. The normalized spacial score (nSPS) is 15.3. The molecular formula is C2H6Br6Si3. The van der Waals surface area contributed by atoms with Gasteiger partial charge in [-0.2, -0.15) is 0 Å². The summed E-state index contributed by atoms with van der Waals surface area (Å²) >= 11 is 22.3. The molecule has 0 saturated heterocycles. The third kappa shape index (κ3) is 3.88. The van der Waals surface area contributed by atoms with Crippen molar-refractivity contribution < 1.29 is 0 Å². The molecule has 68 valence electrons. The van der Waals surface area contributed by atoms with E-state index < -0.39 is 14.0 Å². The fraction of sp³-hybridized carbons (Fsp3) is 1.00. The van der Waals surface area contributed by atoms with E-state index in [2.05, 4.69) is 105 Å². The van der Waals surface area contributed by atoms with Crippen molar-refractivity contribution in [2.75, 3.05) is 0 Å². The Morgan fingerprint density at radius 2 is 0.818 bits per heavy atom. The Morgan fingerprint density at radius 3 is 0.818 bits per heavy atom. The second-order valence-electron chi connectivity index (χ2n) is 2.62. The predicted octanol–water partition coefficient (Wildman–Crippen LogP) is 5.10. The Labute approximate surface area is 117 Å². The van der Waals surface area contributed by atoms with E-state index in [0.717, 1.165) is 0 Å². The van der Waals surface area contributed by atoms with Gasteiger partial charge in [-0.25, -0.2) is 0 Å². The summed E-state index contributed by atoms with van der Waals surface area (Å²) in [6.07, 6.45) is 0. The molecule has 0 aromatic carbocycles. The van der Waals surface area contributed by atoms with Gasteiger partial charge >= 0.3 is 0 Å². The maximum atomic E-state index is 3.71. The second kappa shape index (κ2) is 4.58. The zero-order valence-corrected chi connectivity index (χ0v) is 18.3. The summed E-state index contributed by atoms with van der Waals surface area (Å²) in [5, 5.41) is 0. The van der Waals surface area contributed by atoms with Gasteiger partial charge in [0.05, 0.1) is 0 Å². The number of hydrogen-bond acceptors (Lipinski definition) is 0. The molecule has 0 unspecified atom stereocenters.